The summed E-state index contributed by atoms with van der Waals surface area (Å²) in [6, 6.07) is 0. The summed E-state index contributed by atoms with van der Waals surface area (Å²) >= 11 is 1.94. The zero-order valence-electron chi connectivity index (χ0n) is 15.4. The summed E-state index contributed by atoms with van der Waals surface area (Å²) in [5, 5.41) is 9.78. The largest absolute Gasteiger partial charge is 0.395 e. The van der Waals surface area contributed by atoms with Crippen molar-refractivity contribution in [1.82, 2.24) is 0 Å². The van der Waals surface area contributed by atoms with Crippen LogP contribution in [0.2, 0.25) is 0 Å². The molecule has 23 heavy (non-hydrogen) atoms. The van der Waals surface area contributed by atoms with Crippen molar-refractivity contribution in [1.29, 1.82) is 0 Å². The Morgan fingerprint density at radius 3 is 2.13 bits per heavy atom. The van der Waals surface area contributed by atoms with Crippen molar-refractivity contribution >= 4 is 11.8 Å². The second-order valence-electron chi connectivity index (χ2n) is 5.96. The Hall–Kier alpha value is -0.470. The fraction of sp³-hybridized carbons (Fsp3) is 0.714. The van der Waals surface area contributed by atoms with Crippen LogP contribution < -0.4 is 0 Å². The maximum Gasteiger partial charge on any atom is 0.0550 e. The molecule has 0 saturated heterocycles. The molecule has 2 heteroatoms. The predicted molar refractivity (Wildman–Crippen MR) is 108 cm³/mol. The van der Waals surface area contributed by atoms with Crippen LogP contribution in [-0.4, -0.2) is 22.7 Å². The average Bonchev–Trinajstić information content (AvgIpc) is 2.57. The molecule has 1 N–H and O–H groups in total. The molecule has 134 valence electrons. The number of aliphatic hydroxyl groups excluding tert-OH is 1. The van der Waals surface area contributed by atoms with Gasteiger partial charge in [0.2, 0.25) is 0 Å². The molecular formula is C21H38OS. The first-order valence-corrected chi connectivity index (χ1v) is 10.6. The monoisotopic (exact) mass is 338 g/mol. The Morgan fingerprint density at radius 2 is 1.48 bits per heavy atom. The quantitative estimate of drug-likeness (QED) is 0.250. The van der Waals surface area contributed by atoms with Gasteiger partial charge in [0, 0.05) is 5.25 Å². The molecule has 0 aliphatic heterocycles. The number of hydrogen-bond donors (Lipinski definition) is 1. The molecule has 1 nitrogen and oxygen atoms in total. The molecule has 0 radical (unpaired) electrons. The van der Waals surface area contributed by atoms with E-state index in [1.165, 1.54) is 50.7 Å². The summed E-state index contributed by atoms with van der Waals surface area (Å²) in [6.45, 7) is 4.71. The predicted octanol–water partition coefficient (Wildman–Crippen LogP) is 6.69. The summed E-state index contributed by atoms with van der Waals surface area (Å²) in [7, 11) is 0. The lowest BCUT2D eigenvalue weighted by molar-refractivity contribution is 0.288. The van der Waals surface area contributed by atoms with Crippen molar-refractivity contribution in [2.75, 3.05) is 12.4 Å². The highest BCUT2D eigenvalue weighted by molar-refractivity contribution is 7.99. The third kappa shape index (κ3) is 17.7. The minimum atomic E-state index is 0.342. The lowest BCUT2D eigenvalue weighted by Crippen LogP contribution is -2.09. The van der Waals surface area contributed by atoms with Crippen molar-refractivity contribution in [3.8, 4) is 0 Å². The summed E-state index contributed by atoms with van der Waals surface area (Å²) < 4.78 is 0. The third-order valence-corrected chi connectivity index (χ3v) is 5.19. The Balaban J connectivity index is 3.37. The maximum atomic E-state index is 9.32. The zero-order valence-corrected chi connectivity index (χ0v) is 16.2. The van der Waals surface area contributed by atoms with Crippen LogP contribution in [0.3, 0.4) is 0 Å². The Bertz CT molecular complexity index is 307. The van der Waals surface area contributed by atoms with E-state index in [-0.39, 0.29) is 0 Å². The standard InChI is InChI=1S/C21H38OS/c1-3-5-6-7-8-9-10-11-12-13-14-15-16-17-18-21(20-22)23-19-4-2/h5-6,8-9,11-12,21-22H,3-4,7,10,13-20H2,1-2H3/b6-5-,9-8-,12-11-. The highest BCUT2D eigenvalue weighted by Crippen LogP contribution is 2.18. The highest BCUT2D eigenvalue weighted by atomic mass is 32.2. The molecule has 0 rings (SSSR count). The van der Waals surface area contributed by atoms with Crippen molar-refractivity contribution < 1.29 is 5.11 Å². The topological polar surface area (TPSA) is 20.2 Å². The number of unbranched alkanes of at least 4 members (excludes halogenated alkanes) is 4. The van der Waals surface area contributed by atoms with Crippen LogP contribution >= 0.6 is 11.8 Å². The summed E-state index contributed by atoms with van der Waals surface area (Å²) in [5.41, 5.74) is 0. The minimum Gasteiger partial charge on any atom is -0.395 e. The number of thioether (sulfide) groups is 1. The average molecular weight is 339 g/mol. The lowest BCUT2D eigenvalue weighted by atomic mass is 10.1. The van der Waals surface area contributed by atoms with Crippen LogP contribution in [0.15, 0.2) is 36.5 Å². The van der Waals surface area contributed by atoms with Crippen molar-refractivity contribution in [2.45, 2.75) is 83.3 Å². The van der Waals surface area contributed by atoms with E-state index in [0.717, 1.165) is 19.3 Å². The van der Waals surface area contributed by atoms with Crippen LogP contribution in [0.25, 0.3) is 0 Å². The number of allylic oxidation sites excluding steroid dienone is 6. The van der Waals surface area contributed by atoms with Crippen molar-refractivity contribution in [3.05, 3.63) is 36.5 Å². The van der Waals surface area contributed by atoms with Crippen molar-refractivity contribution in [3.63, 3.8) is 0 Å². The molecule has 0 aromatic heterocycles. The second kappa shape index (κ2) is 19.6. The fourth-order valence-electron chi connectivity index (χ4n) is 2.33. The van der Waals surface area contributed by atoms with E-state index in [9.17, 15) is 5.11 Å². The summed E-state index contributed by atoms with van der Waals surface area (Å²) in [6.07, 6.45) is 25.6. The molecule has 0 amide bonds. The fourth-order valence-corrected chi connectivity index (χ4v) is 3.33. The molecule has 1 atom stereocenters. The van der Waals surface area contributed by atoms with Crippen LogP contribution in [0, 0.1) is 0 Å². The third-order valence-electron chi connectivity index (χ3n) is 3.69. The van der Waals surface area contributed by atoms with Gasteiger partial charge < -0.3 is 5.11 Å². The Kier molecular flexibility index (Phi) is 19.2. The molecule has 0 heterocycles. The first-order valence-electron chi connectivity index (χ1n) is 9.52. The van der Waals surface area contributed by atoms with Crippen LogP contribution in [0.4, 0.5) is 0 Å². The second-order valence-corrected chi connectivity index (χ2v) is 7.37. The normalized spacial score (nSPS) is 13.7. The van der Waals surface area contributed by atoms with E-state index in [2.05, 4.69) is 50.3 Å². The number of rotatable bonds is 16. The van der Waals surface area contributed by atoms with Crippen LogP contribution in [0.1, 0.15) is 78.1 Å². The van der Waals surface area contributed by atoms with E-state index in [0.29, 0.717) is 11.9 Å². The van der Waals surface area contributed by atoms with Gasteiger partial charge in [-0.25, -0.2) is 0 Å². The van der Waals surface area contributed by atoms with E-state index in [4.69, 9.17) is 0 Å². The molecular weight excluding hydrogens is 300 g/mol. The van der Waals surface area contributed by atoms with Gasteiger partial charge in [-0.05, 0) is 50.7 Å². The smallest absolute Gasteiger partial charge is 0.0550 e. The van der Waals surface area contributed by atoms with Gasteiger partial charge in [0.1, 0.15) is 0 Å². The molecule has 1 unspecified atom stereocenters. The Morgan fingerprint density at radius 1 is 0.826 bits per heavy atom. The zero-order chi connectivity index (χ0) is 17.0. The van der Waals surface area contributed by atoms with Crippen LogP contribution in [-0.2, 0) is 0 Å². The maximum absolute atomic E-state index is 9.32. The SMILES string of the molecule is CC/C=C\C/C=C\C/C=C\CCCCCCC(CO)SCCC. The van der Waals surface area contributed by atoms with Gasteiger partial charge in [0.15, 0.2) is 0 Å². The molecule has 0 spiro atoms. The molecule has 0 aliphatic carbocycles. The summed E-state index contributed by atoms with van der Waals surface area (Å²) in [4.78, 5) is 0. The first kappa shape index (κ1) is 22.5. The van der Waals surface area contributed by atoms with Gasteiger partial charge in [-0.3, -0.25) is 0 Å². The van der Waals surface area contributed by atoms with E-state index in [1.54, 1.807) is 0 Å². The molecule has 0 bridgehead atoms. The van der Waals surface area contributed by atoms with Gasteiger partial charge in [0.25, 0.3) is 0 Å². The van der Waals surface area contributed by atoms with Gasteiger partial charge in [0.05, 0.1) is 6.61 Å². The van der Waals surface area contributed by atoms with Crippen LogP contribution in [0.5, 0.6) is 0 Å². The molecule has 0 aliphatic rings. The number of aliphatic hydroxyl groups is 1. The van der Waals surface area contributed by atoms with Crippen molar-refractivity contribution in [2.24, 2.45) is 0 Å². The van der Waals surface area contributed by atoms with Gasteiger partial charge in [-0.1, -0.05) is 69.6 Å². The molecule has 0 fully saturated rings. The van der Waals surface area contributed by atoms with E-state index in [1.807, 2.05) is 11.8 Å². The number of hydrogen-bond acceptors (Lipinski definition) is 2. The highest BCUT2D eigenvalue weighted by Gasteiger charge is 2.06. The van der Waals surface area contributed by atoms with Gasteiger partial charge in [-0.2, -0.15) is 11.8 Å². The Labute approximate surface area is 149 Å². The summed E-state index contributed by atoms with van der Waals surface area (Å²) in [5.74, 6) is 1.18. The minimum absolute atomic E-state index is 0.342. The lowest BCUT2D eigenvalue weighted by Gasteiger charge is -2.12. The van der Waals surface area contributed by atoms with E-state index >= 15 is 0 Å². The molecule has 0 aromatic carbocycles. The first-order chi connectivity index (χ1) is 11.3. The van der Waals surface area contributed by atoms with E-state index < -0.39 is 0 Å². The van der Waals surface area contributed by atoms with Gasteiger partial charge in [-0.15, -0.1) is 0 Å². The van der Waals surface area contributed by atoms with Gasteiger partial charge >= 0.3 is 0 Å². The molecule has 0 saturated carbocycles. The molecule has 0 aromatic rings.